The second kappa shape index (κ2) is 10.4. The first-order chi connectivity index (χ1) is 16.8. The molecule has 0 saturated heterocycles. The molecule has 0 bridgehead atoms. The summed E-state index contributed by atoms with van der Waals surface area (Å²) in [5.74, 6) is -0.314. The molecule has 1 amide bonds. The fraction of sp³-hybridized carbons (Fsp3) is 0.308. The van der Waals surface area contributed by atoms with Crippen molar-refractivity contribution >= 4 is 34.7 Å². The Morgan fingerprint density at radius 3 is 2.51 bits per heavy atom. The lowest BCUT2D eigenvalue weighted by Crippen LogP contribution is -2.28. The Hall–Kier alpha value is -3.59. The Morgan fingerprint density at radius 1 is 1.06 bits per heavy atom. The molecule has 0 atom stereocenters. The van der Waals surface area contributed by atoms with E-state index >= 15 is 0 Å². The molecule has 182 valence electrons. The summed E-state index contributed by atoms with van der Waals surface area (Å²) in [7, 11) is 0. The minimum Gasteiger partial charge on any atom is -0.372 e. The first kappa shape index (κ1) is 24.5. The molecular weight excluding hydrogens is 460 g/mol. The normalized spacial score (nSPS) is 11.1. The summed E-state index contributed by atoms with van der Waals surface area (Å²) in [5.41, 5.74) is 5.15. The number of carbonyl (C=O) groups excluding carboxylic acids is 1. The molecule has 4 aromatic rings. The standard InChI is InChI=1S/C26H30N6O2S/c1-6-30(7-2)20-9-10-21(18(4)15-20)28-23(33)16-32-26(34)31-13-12-27-25(24(31)29-32)35-22-11-8-17(3)14-19(22)5/h8-15H,6-7,16H2,1-5H3,(H,28,33). The van der Waals surface area contributed by atoms with Crippen molar-refractivity contribution in [3.63, 3.8) is 0 Å². The number of hydrogen-bond acceptors (Lipinski definition) is 6. The zero-order valence-electron chi connectivity index (χ0n) is 20.7. The maximum Gasteiger partial charge on any atom is 0.350 e. The smallest absolute Gasteiger partial charge is 0.350 e. The van der Waals surface area contributed by atoms with Crippen LogP contribution in [0.2, 0.25) is 0 Å². The summed E-state index contributed by atoms with van der Waals surface area (Å²) in [6.07, 6.45) is 3.15. The van der Waals surface area contributed by atoms with Crippen LogP contribution in [0.4, 0.5) is 11.4 Å². The quantitative estimate of drug-likeness (QED) is 0.393. The van der Waals surface area contributed by atoms with Crippen molar-refractivity contribution in [3.05, 3.63) is 76.0 Å². The number of nitrogens with zero attached hydrogens (tertiary/aromatic N) is 5. The summed E-state index contributed by atoms with van der Waals surface area (Å²) >= 11 is 1.45. The van der Waals surface area contributed by atoms with Gasteiger partial charge in [0.05, 0.1) is 0 Å². The molecule has 2 aromatic heterocycles. The summed E-state index contributed by atoms with van der Waals surface area (Å²) < 4.78 is 2.61. The second-order valence-corrected chi connectivity index (χ2v) is 9.49. The molecular formula is C26H30N6O2S. The first-order valence-electron chi connectivity index (χ1n) is 11.7. The van der Waals surface area contributed by atoms with Gasteiger partial charge in [-0.25, -0.2) is 18.9 Å². The molecule has 0 aliphatic heterocycles. The largest absolute Gasteiger partial charge is 0.372 e. The second-order valence-electron chi connectivity index (χ2n) is 8.46. The summed E-state index contributed by atoms with van der Waals surface area (Å²) in [4.78, 5) is 33.4. The SMILES string of the molecule is CCN(CC)c1ccc(NC(=O)Cn2nc3c(Sc4ccc(C)cc4C)nccn3c2=O)c(C)c1. The number of aromatic nitrogens is 4. The minimum atomic E-state index is -0.381. The lowest BCUT2D eigenvalue weighted by atomic mass is 10.1. The molecule has 1 N–H and O–H groups in total. The van der Waals surface area contributed by atoms with Crippen molar-refractivity contribution in [2.24, 2.45) is 0 Å². The van der Waals surface area contributed by atoms with Gasteiger partial charge in [-0.2, -0.15) is 0 Å². The maximum absolute atomic E-state index is 12.9. The van der Waals surface area contributed by atoms with Crippen LogP contribution in [0.5, 0.6) is 0 Å². The fourth-order valence-corrected chi connectivity index (χ4v) is 4.93. The number of nitrogens with one attached hydrogen (secondary N) is 1. The van der Waals surface area contributed by atoms with Crippen LogP contribution in [0.15, 0.2) is 63.5 Å². The lowest BCUT2D eigenvalue weighted by Gasteiger charge is -2.22. The van der Waals surface area contributed by atoms with Crippen LogP contribution in [0.1, 0.15) is 30.5 Å². The Labute approximate surface area is 209 Å². The van der Waals surface area contributed by atoms with E-state index in [9.17, 15) is 9.59 Å². The number of carbonyl (C=O) groups is 1. The average molecular weight is 491 g/mol. The number of amides is 1. The molecule has 0 radical (unpaired) electrons. The topological polar surface area (TPSA) is 84.5 Å². The van der Waals surface area contributed by atoms with Gasteiger partial charge in [0.1, 0.15) is 11.6 Å². The molecule has 35 heavy (non-hydrogen) atoms. The molecule has 2 aromatic carbocycles. The Morgan fingerprint density at radius 2 is 1.83 bits per heavy atom. The third-order valence-electron chi connectivity index (χ3n) is 5.91. The zero-order valence-corrected chi connectivity index (χ0v) is 21.5. The monoisotopic (exact) mass is 490 g/mol. The van der Waals surface area contributed by atoms with Gasteiger partial charge in [-0.15, -0.1) is 5.10 Å². The van der Waals surface area contributed by atoms with Crippen molar-refractivity contribution in [1.29, 1.82) is 0 Å². The van der Waals surface area contributed by atoms with Crippen LogP contribution in [0, 0.1) is 20.8 Å². The number of aryl methyl sites for hydroxylation is 3. The highest BCUT2D eigenvalue weighted by Gasteiger charge is 2.16. The van der Waals surface area contributed by atoms with E-state index < -0.39 is 0 Å². The van der Waals surface area contributed by atoms with Gasteiger partial charge in [0.15, 0.2) is 5.65 Å². The van der Waals surface area contributed by atoms with Crippen molar-refractivity contribution in [3.8, 4) is 0 Å². The molecule has 0 unspecified atom stereocenters. The van der Waals surface area contributed by atoms with E-state index in [1.807, 2.05) is 45.0 Å². The van der Waals surface area contributed by atoms with Crippen molar-refractivity contribution in [2.45, 2.75) is 51.1 Å². The summed E-state index contributed by atoms with van der Waals surface area (Å²) in [6, 6.07) is 12.1. The molecule has 4 rings (SSSR count). The Bertz CT molecular complexity index is 1440. The van der Waals surface area contributed by atoms with E-state index in [1.165, 1.54) is 26.4 Å². The number of rotatable bonds is 8. The number of anilines is 2. The molecule has 9 heteroatoms. The van der Waals surface area contributed by atoms with E-state index in [0.717, 1.165) is 40.5 Å². The van der Waals surface area contributed by atoms with Gasteiger partial charge in [0, 0.05) is 41.8 Å². The third kappa shape index (κ3) is 5.24. The van der Waals surface area contributed by atoms with E-state index in [0.29, 0.717) is 10.7 Å². The maximum atomic E-state index is 12.9. The van der Waals surface area contributed by atoms with Crippen molar-refractivity contribution < 1.29 is 4.79 Å². The predicted octanol–water partition coefficient (Wildman–Crippen LogP) is 4.45. The van der Waals surface area contributed by atoms with Crippen molar-refractivity contribution in [1.82, 2.24) is 19.2 Å². The van der Waals surface area contributed by atoms with E-state index in [1.54, 1.807) is 12.4 Å². The molecule has 0 aliphatic carbocycles. The number of hydrogen-bond donors (Lipinski definition) is 1. The van der Waals surface area contributed by atoms with Crippen LogP contribution < -0.4 is 15.9 Å². The van der Waals surface area contributed by atoms with Gasteiger partial charge < -0.3 is 10.2 Å². The molecule has 0 saturated carbocycles. The first-order valence-corrected chi connectivity index (χ1v) is 12.5. The number of benzene rings is 2. The predicted molar refractivity (Wildman–Crippen MR) is 141 cm³/mol. The average Bonchev–Trinajstić information content (AvgIpc) is 3.14. The minimum absolute atomic E-state index is 0.189. The van der Waals surface area contributed by atoms with Gasteiger partial charge in [0.25, 0.3) is 0 Å². The third-order valence-corrected chi connectivity index (χ3v) is 7.07. The van der Waals surface area contributed by atoms with Gasteiger partial charge in [-0.05, 0) is 70.0 Å². The fourth-order valence-electron chi connectivity index (χ4n) is 4.02. The van der Waals surface area contributed by atoms with Crippen LogP contribution in [0.25, 0.3) is 5.65 Å². The van der Waals surface area contributed by atoms with Gasteiger partial charge >= 0.3 is 5.69 Å². The highest BCUT2D eigenvalue weighted by atomic mass is 32.2. The zero-order chi connectivity index (χ0) is 25.1. The van der Waals surface area contributed by atoms with Crippen molar-refractivity contribution in [2.75, 3.05) is 23.3 Å². The molecule has 0 aliphatic rings. The van der Waals surface area contributed by atoms with Crippen LogP contribution in [-0.4, -0.2) is 38.2 Å². The van der Waals surface area contributed by atoms with E-state index in [4.69, 9.17) is 0 Å². The van der Waals surface area contributed by atoms with Gasteiger partial charge in [-0.1, -0.05) is 29.5 Å². The Balaban J connectivity index is 1.55. The summed E-state index contributed by atoms with van der Waals surface area (Å²) in [5, 5.41) is 7.96. The molecule has 8 nitrogen and oxygen atoms in total. The van der Waals surface area contributed by atoms with Crippen LogP contribution >= 0.6 is 11.8 Å². The highest BCUT2D eigenvalue weighted by Crippen LogP contribution is 2.31. The summed E-state index contributed by atoms with van der Waals surface area (Å²) in [6.45, 7) is 11.9. The molecule has 2 heterocycles. The van der Waals surface area contributed by atoms with Crippen LogP contribution in [-0.2, 0) is 11.3 Å². The number of fused-ring (bicyclic) bond motifs is 1. The van der Waals surface area contributed by atoms with Gasteiger partial charge in [-0.3, -0.25) is 4.79 Å². The Kier molecular flexibility index (Phi) is 7.25. The lowest BCUT2D eigenvalue weighted by molar-refractivity contribution is -0.117. The van der Waals surface area contributed by atoms with E-state index in [2.05, 4.69) is 46.3 Å². The van der Waals surface area contributed by atoms with E-state index in [-0.39, 0.29) is 18.1 Å². The highest BCUT2D eigenvalue weighted by molar-refractivity contribution is 7.99. The van der Waals surface area contributed by atoms with Crippen LogP contribution in [0.3, 0.4) is 0 Å². The molecule has 0 spiro atoms. The van der Waals surface area contributed by atoms with Gasteiger partial charge in [0.2, 0.25) is 5.91 Å². The molecule has 0 fully saturated rings.